The number of para-hydroxylation sites is 1. The van der Waals surface area contributed by atoms with E-state index in [0.717, 1.165) is 19.5 Å². The molecule has 22 heavy (non-hydrogen) atoms. The number of hydrogen-bond donors (Lipinski definition) is 3. The van der Waals surface area contributed by atoms with Gasteiger partial charge in [0.1, 0.15) is 0 Å². The summed E-state index contributed by atoms with van der Waals surface area (Å²) in [6.07, 6.45) is 1.36. The lowest BCUT2D eigenvalue weighted by Gasteiger charge is -2.22. The van der Waals surface area contributed by atoms with Gasteiger partial charge in [0, 0.05) is 25.2 Å². The van der Waals surface area contributed by atoms with E-state index in [9.17, 15) is 9.59 Å². The third kappa shape index (κ3) is 4.82. The molecule has 1 atom stereocenters. The SMILES string of the molecule is CC1(CN)CCN(CCC(=O)NC(=O)Nc2ccccc2)C1. The Morgan fingerprint density at radius 1 is 1.32 bits per heavy atom. The van der Waals surface area contributed by atoms with Gasteiger partial charge in [-0.3, -0.25) is 10.1 Å². The Bertz CT molecular complexity index is 520. The fourth-order valence-corrected chi connectivity index (χ4v) is 2.62. The Hall–Kier alpha value is -1.92. The van der Waals surface area contributed by atoms with Crippen LogP contribution in [0.2, 0.25) is 0 Å². The Kier molecular flexibility index (Phi) is 5.51. The molecule has 0 aliphatic carbocycles. The minimum Gasteiger partial charge on any atom is -0.330 e. The van der Waals surface area contributed by atoms with E-state index in [1.54, 1.807) is 12.1 Å². The van der Waals surface area contributed by atoms with Crippen molar-refractivity contribution in [3.8, 4) is 0 Å². The molecule has 0 radical (unpaired) electrons. The Morgan fingerprint density at radius 3 is 2.68 bits per heavy atom. The normalized spacial score (nSPS) is 21.5. The summed E-state index contributed by atoms with van der Waals surface area (Å²) in [6, 6.07) is 8.53. The van der Waals surface area contributed by atoms with Gasteiger partial charge in [-0.2, -0.15) is 0 Å². The van der Waals surface area contributed by atoms with Crippen LogP contribution in [0.3, 0.4) is 0 Å². The van der Waals surface area contributed by atoms with Crippen LogP contribution in [-0.2, 0) is 4.79 Å². The van der Waals surface area contributed by atoms with Gasteiger partial charge in [0.2, 0.25) is 5.91 Å². The molecule has 1 heterocycles. The standard InChI is InChI=1S/C16H24N4O2/c1-16(11-17)8-10-20(12-16)9-7-14(21)19-15(22)18-13-5-3-2-4-6-13/h2-6H,7-12,17H2,1H3,(H2,18,19,21,22). The van der Waals surface area contributed by atoms with Crippen molar-refractivity contribution in [2.24, 2.45) is 11.1 Å². The zero-order chi connectivity index (χ0) is 16.0. The van der Waals surface area contributed by atoms with Crippen LogP contribution in [0.4, 0.5) is 10.5 Å². The first-order chi connectivity index (χ1) is 10.5. The molecule has 0 spiro atoms. The molecular formula is C16H24N4O2. The summed E-state index contributed by atoms with van der Waals surface area (Å²) in [5.41, 5.74) is 6.58. The van der Waals surface area contributed by atoms with E-state index in [0.29, 0.717) is 25.2 Å². The quantitative estimate of drug-likeness (QED) is 0.767. The molecule has 3 amide bonds. The minimum atomic E-state index is -0.496. The summed E-state index contributed by atoms with van der Waals surface area (Å²) in [7, 11) is 0. The van der Waals surface area contributed by atoms with Crippen molar-refractivity contribution >= 4 is 17.6 Å². The van der Waals surface area contributed by atoms with Crippen molar-refractivity contribution in [3.05, 3.63) is 30.3 Å². The summed E-state index contributed by atoms with van der Waals surface area (Å²) in [5.74, 6) is -0.269. The highest BCUT2D eigenvalue weighted by atomic mass is 16.2. The average Bonchev–Trinajstić information content (AvgIpc) is 2.88. The molecule has 1 aromatic rings. The van der Waals surface area contributed by atoms with E-state index in [4.69, 9.17) is 5.73 Å². The van der Waals surface area contributed by atoms with Crippen molar-refractivity contribution in [3.63, 3.8) is 0 Å². The van der Waals surface area contributed by atoms with Crippen molar-refractivity contribution in [2.75, 3.05) is 31.5 Å². The summed E-state index contributed by atoms with van der Waals surface area (Å²) in [5, 5.41) is 4.97. The van der Waals surface area contributed by atoms with E-state index in [2.05, 4.69) is 22.5 Å². The number of nitrogens with zero attached hydrogens (tertiary/aromatic N) is 1. The van der Waals surface area contributed by atoms with Gasteiger partial charge >= 0.3 is 6.03 Å². The van der Waals surface area contributed by atoms with Crippen molar-refractivity contribution < 1.29 is 9.59 Å². The molecule has 6 nitrogen and oxygen atoms in total. The zero-order valence-corrected chi connectivity index (χ0v) is 13.0. The number of rotatable bonds is 5. The maximum absolute atomic E-state index is 11.8. The Balaban J connectivity index is 1.69. The molecule has 1 unspecified atom stereocenters. The lowest BCUT2D eigenvalue weighted by molar-refractivity contribution is -0.120. The molecule has 1 aromatic carbocycles. The lowest BCUT2D eigenvalue weighted by Crippen LogP contribution is -2.37. The number of imide groups is 1. The molecule has 0 bridgehead atoms. The largest absolute Gasteiger partial charge is 0.330 e. The van der Waals surface area contributed by atoms with Gasteiger partial charge in [-0.05, 0) is 37.1 Å². The van der Waals surface area contributed by atoms with E-state index in [1.807, 2.05) is 18.2 Å². The summed E-state index contributed by atoms with van der Waals surface area (Å²) in [6.45, 7) is 5.35. The van der Waals surface area contributed by atoms with Gasteiger partial charge in [-0.15, -0.1) is 0 Å². The Morgan fingerprint density at radius 2 is 2.05 bits per heavy atom. The van der Waals surface area contributed by atoms with Gasteiger partial charge in [-0.1, -0.05) is 25.1 Å². The molecule has 6 heteroatoms. The summed E-state index contributed by atoms with van der Waals surface area (Å²) >= 11 is 0. The highest BCUT2D eigenvalue weighted by molar-refractivity contribution is 6.01. The third-order valence-corrected chi connectivity index (χ3v) is 4.07. The van der Waals surface area contributed by atoms with Crippen LogP contribution in [0.5, 0.6) is 0 Å². The molecule has 2 rings (SSSR count). The summed E-state index contributed by atoms with van der Waals surface area (Å²) < 4.78 is 0. The van der Waals surface area contributed by atoms with Crippen LogP contribution >= 0.6 is 0 Å². The number of nitrogens with one attached hydrogen (secondary N) is 2. The molecule has 120 valence electrons. The molecule has 1 saturated heterocycles. The number of hydrogen-bond acceptors (Lipinski definition) is 4. The number of urea groups is 1. The van der Waals surface area contributed by atoms with Crippen LogP contribution in [0.15, 0.2) is 30.3 Å². The van der Waals surface area contributed by atoms with Crippen molar-refractivity contribution in [1.29, 1.82) is 0 Å². The minimum absolute atomic E-state index is 0.154. The van der Waals surface area contributed by atoms with E-state index in [1.165, 1.54) is 0 Å². The smallest absolute Gasteiger partial charge is 0.325 e. The van der Waals surface area contributed by atoms with Crippen molar-refractivity contribution in [1.82, 2.24) is 10.2 Å². The predicted molar refractivity (Wildman–Crippen MR) is 86.4 cm³/mol. The second kappa shape index (κ2) is 7.38. The molecule has 4 N–H and O–H groups in total. The van der Waals surface area contributed by atoms with Crippen LogP contribution in [0.1, 0.15) is 19.8 Å². The number of carbonyl (C=O) groups excluding carboxylic acids is 2. The van der Waals surface area contributed by atoms with Gasteiger partial charge in [-0.25, -0.2) is 4.79 Å². The van der Waals surface area contributed by atoms with E-state index in [-0.39, 0.29) is 11.3 Å². The molecule has 1 aliphatic rings. The number of likely N-dealkylation sites (tertiary alicyclic amines) is 1. The fourth-order valence-electron chi connectivity index (χ4n) is 2.62. The second-order valence-corrected chi connectivity index (χ2v) is 6.16. The first-order valence-electron chi connectivity index (χ1n) is 7.59. The van der Waals surface area contributed by atoms with Gasteiger partial charge in [0.05, 0.1) is 0 Å². The number of benzene rings is 1. The number of nitrogens with two attached hydrogens (primary N) is 1. The molecule has 0 aromatic heterocycles. The topological polar surface area (TPSA) is 87.5 Å². The zero-order valence-electron chi connectivity index (χ0n) is 13.0. The third-order valence-electron chi connectivity index (χ3n) is 4.07. The Labute approximate surface area is 131 Å². The molecule has 1 fully saturated rings. The summed E-state index contributed by atoms with van der Waals surface area (Å²) in [4.78, 5) is 25.7. The van der Waals surface area contributed by atoms with Crippen LogP contribution < -0.4 is 16.4 Å². The lowest BCUT2D eigenvalue weighted by atomic mass is 9.90. The first-order valence-corrected chi connectivity index (χ1v) is 7.59. The number of carbonyl (C=O) groups is 2. The second-order valence-electron chi connectivity index (χ2n) is 6.16. The van der Waals surface area contributed by atoms with Crippen LogP contribution in [0, 0.1) is 5.41 Å². The van der Waals surface area contributed by atoms with Crippen LogP contribution in [-0.4, -0.2) is 43.0 Å². The number of amides is 3. The molecule has 1 aliphatic heterocycles. The average molecular weight is 304 g/mol. The predicted octanol–water partition coefficient (Wildman–Crippen LogP) is 1.40. The number of anilines is 1. The van der Waals surface area contributed by atoms with Crippen molar-refractivity contribution in [2.45, 2.75) is 19.8 Å². The molecule has 0 saturated carbocycles. The monoisotopic (exact) mass is 304 g/mol. The molecular weight excluding hydrogens is 280 g/mol. The van der Waals surface area contributed by atoms with Crippen LogP contribution in [0.25, 0.3) is 0 Å². The van der Waals surface area contributed by atoms with E-state index < -0.39 is 6.03 Å². The van der Waals surface area contributed by atoms with Gasteiger partial charge in [0.15, 0.2) is 0 Å². The van der Waals surface area contributed by atoms with Gasteiger partial charge in [0.25, 0.3) is 0 Å². The maximum atomic E-state index is 11.8. The maximum Gasteiger partial charge on any atom is 0.325 e. The first kappa shape index (κ1) is 16.5. The highest BCUT2D eigenvalue weighted by Crippen LogP contribution is 2.28. The van der Waals surface area contributed by atoms with E-state index >= 15 is 0 Å². The van der Waals surface area contributed by atoms with Gasteiger partial charge < -0.3 is 16.0 Å². The highest BCUT2D eigenvalue weighted by Gasteiger charge is 2.32. The fraction of sp³-hybridized carbons (Fsp3) is 0.500.